The average molecular weight is 772 g/mol. The molecule has 54 heavy (non-hydrogen) atoms. The van der Waals surface area contributed by atoms with Crippen LogP contribution in [0.2, 0.25) is 0 Å². The molecule has 5 rings (SSSR count). The molecule has 1 aromatic heterocycles. The number of benzene rings is 3. The Morgan fingerprint density at radius 3 is 2.24 bits per heavy atom. The highest BCUT2D eigenvalue weighted by Gasteiger charge is 2.28. The van der Waals surface area contributed by atoms with Crippen LogP contribution < -0.4 is 30.2 Å². The molecular formula is C41H45N3O8S2. The van der Waals surface area contributed by atoms with Crippen LogP contribution in [0.1, 0.15) is 76.3 Å². The number of hydrogen-bond acceptors (Lipinski definition) is 10. The number of rotatable bonds is 15. The van der Waals surface area contributed by atoms with Crippen molar-refractivity contribution in [2.75, 3.05) is 38.6 Å². The monoisotopic (exact) mass is 771 g/mol. The number of fused-ring (bicyclic) bond motifs is 1. The molecular weight excluding hydrogens is 727 g/mol. The first kappa shape index (κ1) is 39.9. The Hall–Kier alpha value is -5.27. The molecule has 1 atom stereocenters. The van der Waals surface area contributed by atoms with Crippen LogP contribution in [0.15, 0.2) is 77.3 Å². The molecule has 1 aliphatic rings. The van der Waals surface area contributed by atoms with Crippen molar-refractivity contribution in [3.05, 3.63) is 99.6 Å². The quantitative estimate of drug-likeness (QED) is 0.0473. The normalized spacial score (nSPS) is 13.1. The van der Waals surface area contributed by atoms with E-state index >= 15 is 0 Å². The highest BCUT2D eigenvalue weighted by Crippen LogP contribution is 2.40. The Bertz CT molecular complexity index is 1990. The highest BCUT2D eigenvalue weighted by atomic mass is 32.2. The van der Waals surface area contributed by atoms with Gasteiger partial charge in [-0.3, -0.25) is 14.4 Å². The molecule has 3 amide bonds. The van der Waals surface area contributed by atoms with E-state index < -0.39 is 23.0 Å². The summed E-state index contributed by atoms with van der Waals surface area (Å²) in [5.41, 5.74) is 2.78. The smallest absolute Gasteiger partial charge is 0.341 e. The summed E-state index contributed by atoms with van der Waals surface area (Å²) in [6, 6.07) is 19.0. The molecule has 1 aliphatic carbocycles. The van der Waals surface area contributed by atoms with Gasteiger partial charge in [0, 0.05) is 21.0 Å². The van der Waals surface area contributed by atoms with E-state index in [0.717, 1.165) is 47.4 Å². The molecule has 0 fully saturated rings. The summed E-state index contributed by atoms with van der Waals surface area (Å²) in [5.74, 6) is -0.546. The van der Waals surface area contributed by atoms with E-state index in [9.17, 15) is 19.2 Å². The van der Waals surface area contributed by atoms with Crippen molar-refractivity contribution in [1.82, 2.24) is 5.32 Å². The van der Waals surface area contributed by atoms with Crippen molar-refractivity contribution < 1.29 is 38.1 Å². The summed E-state index contributed by atoms with van der Waals surface area (Å²) in [7, 11) is 4.48. The third-order valence-electron chi connectivity index (χ3n) is 8.70. The van der Waals surface area contributed by atoms with Crippen molar-refractivity contribution in [2.45, 2.75) is 62.5 Å². The number of ether oxygens (including phenoxy) is 4. The van der Waals surface area contributed by atoms with Crippen LogP contribution in [0.4, 0.5) is 10.7 Å². The molecule has 1 unspecified atom stereocenters. The van der Waals surface area contributed by atoms with Crippen LogP contribution in [0, 0.1) is 0 Å². The molecule has 3 N–H and O–H groups in total. The summed E-state index contributed by atoms with van der Waals surface area (Å²) in [6.45, 7) is 3.95. The fourth-order valence-electron chi connectivity index (χ4n) is 6.07. The van der Waals surface area contributed by atoms with Crippen molar-refractivity contribution in [3.63, 3.8) is 0 Å². The number of thioether (sulfide) groups is 1. The molecule has 0 saturated carbocycles. The zero-order valence-corrected chi connectivity index (χ0v) is 32.7. The fourth-order valence-corrected chi connectivity index (χ4v) is 8.36. The Morgan fingerprint density at radius 2 is 1.57 bits per heavy atom. The van der Waals surface area contributed by atoms with Gasteiger partial charge in [0.05, 0.1) is 38.7 Å². The number of aryl methyl sites for hydroxylation is 1. The predicted octanol–water partition coefficient (Wildman–Crippen LogP) is 8.14. The molecule has 0 saturated heterocycles. The summed E-state index contributed by atoms with van der Waals surface area (Å²) < 4.78 is 21.8. The van der Waals surface area contributed by atoms with Crippen LogP contribution in [0.25, 0.3) is 6.08 Å². The zero-order valence-electron chi connectivity index (χ0n) is 31.0. The van der Waals surface area contributed by atoms with E-state index in [1.807, 2.05) is 13.0 Å². The van der Waals surface area contributed by atoms with Gasteiger partial charge in [-0.05, 0) is 98.7 Å². The number of carbonyl (C=O) groups excluding carboxylic acids is 4. The maximum absolute atomic E-state index is 13.9. The minimum atomic E-state index is -0.580. The molecule has 284 valence electrons. The van der Waals surface area contributed by atoms with E-state index in [0.29, 0.717) is 51.0 Å². The van der Waals surface area contributed by atoms with Crippen molar-refractivity contribution >= 4 is 63.6 Å². The summed E-state index contributed by atoms with van der Waals surface area (Å²) >= 11 is 2.82. The van der Waals surface area contributed by atoms with Gasteiger partial charge in [0.25, 0.3) is 11.8 Å². The molecule has 3 aromatic carbocycles. The summed E-state index contributed by atoms with van der Waals surface area (Å²) in [5, 5.41) is 8.74. The Balaban J connectivity index is 1.37. The average Bonchev–Trinajstić information content (AvgIpc) is 3.35. The second-order valence-corrected chi connectivity index (χ2v) is 14.7. The molecule has 11 nitrogen and oxygen atoms in total. The van der Waals surface area contributed by atoms with Gasteiger partial charge in [-0.15, -0.1) is 23.1 Å². The second-order valence-electron chi connectivity index (χ2n) is 12.3. The molecule has 13 heteroatoms. The van der Waals surface area contributed by atoms with Crippen molar-refractivity contribution in [1.29, 1.82) is 0 Å². The lowest BCUT2D eigenvalue weighted by molar-refractivity contribution is -0.116. The number of carbonyl (C=O) groups is 4. The molecule has 1 heterocycles. The van der Waals surface area contributed by atoms with Gasteiger partial charge < -0.3 is 34.9 Å². The van der Waals surface area contributed by atoms with Gasteiger partial charge in [0.1, 0.15) is 10.7 Å². The number of esters is 1. The third kappa shape index (κ3) is 9.83. The summed E-state index contributed by atoms with van der Waals surface area (Å²) in [6.07, 6.45) is 6.84. The van der Waals surface area contributed by atoms with Crippen molar-refractivity contribution in [3.8, 4) is 17.2 Å². The molecule has 0 bridgehead atoms. The number of hydrogen-bond donors (Lipinski definition) is 3. The van der Waals surface area contributed by atoms with Crippen LogP contribution in [0.3, 0.4) is 0 Å². The lowest BCUT2D eigenvalue weighted by atomic mass is 10.1. The van der Waals surface area contributed by atoms with E-state index in [1.165, 1.54) is 50.5 Å². The van der Waals surface area contributed by atoms with E-state index in [2.05, 4.69) is 16.0 Å². The van der Waals surface area contributed by atoms with Gasteiger partial charge in [-0.2, -0.15) is 0 Å². The van der Waals surface area contributed by atoms with Crippen LogP contribution in [-0.4, -0.2) is 56.9 Å². The molecule has 0 aliphatic heterocycles. The predicted molar refractivity (Wildman–Crippen MR) is 213 cm³/mol. The van der Waals surface area contributed by atoms with E-state index in [-0.39, 0.29) is 18.2 Å². The minimum Gasteiger partial charge on any atom is -0.493 e. The molecule has 4 aromatic rings. The molecule has 0 radical (unpaired) electrons. The highest BCUT2D eigenvalue weighted by molar-refractivity contribution is 8.00. The van der Waals surface area contributed by atoms with Crippen LogP contribution in [0.5, 0.6) is 17.2 Å². The third-order valence-corrected chi connectivity index (χ3v) is 11.3. The van der Waals surface area contributed by atoms with E-state index in [1.54, 1.807) is 67.6 Å². The number of thiophene rings is 1. The number of methoxy groups -OCH3 is 3. The van der Waals surface area contributed by atoms with E-state index in [4.69, 9.17) is 18.9 Å². The number of nitrogens with one attached hydrogen (secondary N) is 3. The SMILES string of the molecule is CCOC(=O)c1c(NC(=O)C(CC)Sc2cccc(NC(=O)/C(=C\c3cc(OC)c(OC)c(OC)c3)NC(=O)c3ccccc3)c2)sc2c1CCCCC2. The van der Waals surface area contributed by atoms with Gasteiger partial charge in [0.15, 0.2) is 11.5 Å². The fraction of sp³-hybridized carbons (Fsp3) is 0.317. The lowest BCUT2D eigenvalue weighted by Crippen LogP contribution is -2.30. The van der Waals surface area contributed by atoms with Gasteiger partial charge in [-0.1, -0.05) is 37.6 Å². The zero-order chi connectivity index (χ0) is 38.6. The van der Waals surface area contributed by atoms with Gasteiger partial charge >= 0.3 is 5.97 Å². The molecule has 0 spiro atoms. The topological polar surface area (TPSA) is 141 Å². The number of anilines is 2. The minimum absolute atomic E-state index is 0.0336. The van der Waals surface area contributed by atoms with Crippen molar-refractivity contribution in [2.24, 2.45) is 0 Å². The number of amides is 3. The Kier molecular flexibility index (Phi) is 14.2. The summed E-state index contributed by atoms with van der Waals surface area (Å²) in [4.78, 5) is 55.8. The first-order valence-electron chi connectivity index (χ1n) is 17.8. The Morgan fingerprint density at radius 1 is 0.852 bits per heavy atom. The van der Waals surface area contributed by atoms with Gasteiger partial charge in [0.2, 0.25) is 11.7 Å². The second kappa shape index (κ2) is 19.2. The van der Waals surface area contributed by atoms with Gasteiger partial charge in [-0.25, -0.2) is 4.79 Å². The van der Waals surface area contributed by atoms with Crippen LogP contribution in [-0.2, 0) is 27.2 Å². The largest absolute Gasteiger partial charge is 0.493 e. The maximum atomic E-state index is 13.9. The lowest BCUT2D eigenvalue weighted by Gasteiger charge is -2.16. The Labute approximate surface area is 323 Å². The maximum Gasteiger partial charge on any atom is 0.341 e. The first-order valence-corrected chi connectivity index (χ1v) is 19.5. The first-order chi connectivity index (χ1) is 26.2. The standard InChI is InChI=1S/C41H45N3O8S2/c1-6-33(39(47)44-40-35(41(48)52-7-2)29-19-12-9-13-20-34(29)54-40)53-28-18-14-17-27(24-28)42-38(46)30(43-37(45)26-15-10-8-11-16-26)21-25-22-31(49-3)36(51-5)32(23-25)50-4/h8,10-11,14-18,21-24,33H,6-7,9,12-13,19-20H2,1-5H3,(H,42,46)(H,43,45)(H,44,47)/b30-21+. The van der Waals surface area contributed by atoms with Crippen LogP contribution >= 0.6 is 23.1 Å².